The second kappa shape index (κ2) is 8.24. The van der Waals surface area contributed by atoms with Crippen molar-refractivity contribution in [2.75, 3.05) is 13.2 Å². The first-order valence-corrected chi connectivity index (χ1v) is 8.83. The van der Waals surface area contributed by atoms with Crippen LogP contribution in [0.3, 0.4) is 0 Å². The fourth-order valence-electron chi connectivity index (χ4n) is 2.87. The number of nitrogens with zero attached hydrogens (tertiary/aromatic N) is 1. The SMILES string of the molecule is CCC1CC(NC(=O)C(C)(C)COc2ncccc2C(F)(F)F)CCN1. The average Bonchev–Trinajstić information content (AvgIpc) is 2.59. The van der Waals surface area contributed by atoms with Gasteiger partial charge in [-0.25, -0.2) is 4.98 Å². The Morgan fingerprint density at radius 3 is 2.81 bits per heavy atom. The fraction of sp³-hybridized carbons (Fsp3) is 0.667. The molecule has 2 N–H and O–H groups in total. The fourth-order valence-corrected chi connectivity index (χ4v) is 2.87. The molecule has 0 aromatic carbocycles. The van der Waals surface area contributed by atoms with Gasteiger partial charge >= 0.3 is 6.18 Å². The van der Waals surface area contributed by atoms with E-state index < -0.39 is 23.0 Å². The van der Waals surface area contributed by atoms with Crippen LogP contribution in [-0.2, 0) is 11.0 Å². The second-order valence-corrected chi connectivity index (χ2v) is 7.28. The van der Waals surface area contributed by atoms with E-state index in [1.807, 2.05) is 0 Å². The van der Waals surface area contributed by atoms with Crippen LogP contribution in [0.5, 0.6) is 5.88 Å². The van der Waals surface area contributed by atoms with Crippen molar-refractivity contribution in [1.82, 2.24) is 15.6 Å². The molecule has 0 spiro atoms. The largest absolute Gasteiger partial charge is 0.476 e. The van der Waals surface area contributed by atoms with Crippen LogP contribution in [0.15, 0.2) is 18.3 Å². The van der Waals surface area contributed by atoms with Crippen molar-refractivity contribution < 1.29 is 22.7 Å². The van der Waals surface area contributed by atoms with Crippen LogP contribution in [0.1, 0.15) is 45.6 Å². The summed E-state index contributed by atoms with van der Waals surface area (Å²) in [5, 5.41) is 6.39. The van der Waals surface area contributed by atoms with E-state index in [1.165, 1.54) is 12.3 Å². The van der Waals surface area contributed by atoms with Gasteiger partial charge in [-0.3, -0.25) is 4.79 Å². The van der Waals surface area contributed by atoms with Crippen molar-refractivity contribution in [3.05, 3.63) is 23.9 Å². The number of hydrogen-bond donors (Lipinski definition) is 2. The zero-order valence-corrected chi connectivity index (χ0v) is 15.3. The van der Waals surface area contributed by atoms with Crippen LogP contribution in [0.25, 0.3) is 0 Å². The number of nitrogens with one attached hydrogen (secondary N) is 2. The number of halogens is 3. The first-order valence-electron chi connectivity index (χ1n) is 8.83. The molecular formula is C18H26F3N3O2. The van der Waals surface area contributed by atoms with Gasteiger partial charge in [-0.1, -0.05) is 6.92 Å². The van der Waals surface area contributed by atoms with E-state index in [0.29, 0.717) is 6.04 Å². The van der Waals surface area contributed by atoms with Gasteiger partial charge in [0.15, 0.2) is 0 Å². The van der Waals surface area contributed by atoms with Crippen molar-refractivity contribution in [1.29, 1.82) is 0 Å². The molecule has 5 nitrogen and oxygen atoms in total. The number of carbonyl (C=O) groups is 1. The lowest BCUT2D eigenvalue weighted by Gasteiger charge is -2.33. The molecular weight excluding hydrogens is 347 g/mol. The number of pyridine rings is 1. The Morgan fingerprint density at radius 2 is 2.15 bits per heavy atom. The maximum Gasteiger partial charge on any atom is 0.421 e. The summed E-state index contributed by atoms with van der Waals surface area (Å²) >= 11 is 0. The van der Waals surface area contributed by atoms with E-state index in [-0.39, 0.29) is 18.6 Å². The Morgan fingerprint density at radius 1 is 1.42 bits per heavy atom. The third-order valence-corrected chi connectivity index (χ3v) is 4.58. The van der Waals surface area contributed by atoms with E-state index in [0.717, 1.165) is 31.9 Å². The highest BCUT2D eigenvalue weighted by Crippen LogP contribution is 2.35. The molecule has 0 bridgehead atoms. The molecule has 0 aliphatic carbocycles. The summed E-state index contributed by atoms with van der Waals surface area (Å²) < 4.78 is 44.3. The normalized spacial score (nSPS) is 21.3. The van der Waals surface area contributed by atoms with Crippen LogP contribution in [0.4, 0.5) is 13.2 Å². The molecule has 0 radical (unpaired) electrons. The summed E-state index contributed by atoms with van der Waals surface area (Å²) in [5.74, 6) is -0.738. The third kappa shape index (κ3) is 5.33. The van der Waals surface area contributed by atoms with Crippen molar-refractivity contribution in [2.24, 2.45) is 5.41 Å². The van der Waals surface area contributed by atoms with Gasteiger partial charge in [-0.05, 0) is 51.8 Å². The monoisotopic (exact) mass is 373 g/mol. The Balaban J connectivity index is 1.97. The van der Waals surface area contributed by atoms with Crippen molar-refractivity contribution in [2.45, 2.75) is 58.3 Å². The lowest BCUT2D eigenvalue weighted by molar-refractivity contribution is -0.139. The Labute approximate surface area is 151 Å². The molecule has 2 unspecified atom stereocenters. The highest BCUT2D eigenvalue weighted by molar-refractivity contribution is 5.82. The molecule has 1 fully saturated rings. The molecule has 1 aliphatic rings. The van der Waals surface area contributed by atoms with E-state index in [4.69, 9.17) is 4.74 Å². The molecule has 1 aliphatic heterocycles. The number of piperidine rings is 1. The van der Waals surface area contributed by atoms with E-state index in [1.54, 1.807) is 13.8 Å². The lowest BCUT2D eigenvalue weighted by atomic mass is 9.91. The molecule has 2 atom stereocenters. The highest BCUT2D eigenvalue weighted by atomic mass is 19.4. The Hall–Kier alpha value is -1.83. The smallest absolute Gasteiger partial charge is 0.421 e. The highest BCUT2D eigenvalue weighted by Gasteiger charge is 2.37. The van der Waals surface area contributed by atoms with Gasteiger partial charge in [-0.15, -0.1) is 0 Å². The van der Waals surface area contributed by atoms with Crippen LogP contribution in [0, 0.1) is 5.41 Å². The van der Waals surface area contributed by atoms with E-state index in [2.05, 4.69) is 22.5 Å². The van der Waals surface area contributed by atoms with Crippen molar-refractivity contribution in [3.63, 3.8) is 0 Å². The van der Waals surface area contributed by atoms with Gasteiger partial charge in [0.2, 0.25) is 11.8 Å². The molecule has 146 valence electrons. The standard InChI is InChI=1S/C18H26F3N3O2/c1-4-12-10-13(7-9-22-12)24-16(25)17(2,3)11-26-15-14(18(19,20)21)6-5-8-23-15/h5-6,8,12-13,22H,4,7,9-11H2,1-3H3,(H,24,25). The van der Waals surface area contributed by atoms with Crippen LogP contribution in [0.2, 0.25) is 0 Å². The number of alkyl halides is 3. The summed E-state index contributed by atoms with van der Waals surface area (Å²) in [5.41, 5.74) is -1.92. The summed E-state index contributed by atoms with van der Waals surface area (Å²) in [6.45, 7) is 6.03. The Kier molecular flexibility index (Phi) is 6.49. The van der Waals surface area contributed by atoms with Gasteiger partial charge in [-0.2, -0.15) is 13.2 Å². The van der Waals surface area contributed by atoms with Crippen molar-refractivity contribution >= 4 is 5.91 Å². The zero-order chi connectivity index (χ0) is 19.4. The summed E-state index contributed by atoms with van der Waals surface area (Å²) in [4.78, 5) is 16.2. The number of hydrogen-bond acceptors (Lipinski definition) is 4. The number of amides is 1. The van der Waals surface area contributed by atoms with E-state index in [9.17, 15) is 18.0 Å². The van der Waals surface area contributed by atoms with Crippen LogP contribution >= 0.6 is 0 Å². The molecule has 1 amide bonds. The topological polar surface area (TPSA) is 63.2 Å². The van der Waals surface area contributed by atoms with Crippen LogP contribution in [-0.4, -0.2) is 36.1 Å². The lowest BCUT2D eigenvalue weighted by Crippen LogP contribution is -2.51. The summed E-state index contributed by atoms with van der Waals surface area (Å²) in [6.07, 6.45) is -0.661. The number of carbonyl (C=O) groups excluding carboxylic acids is 1. The van der Waals surface area contributed by atoms with Gasteiger partial charge < -0.3 is 15.4 Å². The Bertz CT molecular complexity index is 620. The minimum absolute atomic E-state index is 0.0635. The summed E-state index contributed by atoms with van der Waals surface area (Å²) in [7, 11) is 0. The molecule has 8 heteroatoms. The number of ether oxygens (including phenoxy) is 1. The minimum Gasteiger partial charge on any atom is -0.476 e. The minimum atomic E-state index is -4.56. The van der Waals surface area contributed by atoms with Crippen molar-refractivity contribution in [3.8, 4) is 5.88 Å². The maximum absolute atomic E-state index is 13.0. The predicted octanol–water partition coefficient (Wildman–Crippen LogP) is 3.15. The second-order valence-electron chi connectivity index (χ2n) is 7.28. The molecule has 0 saturated carbocycles. The van der Waals surface area contributed by atoms with Gasteiger partial charge in [0.25, 0.3) is 0 Å². The van der Waals surface area contributed by atoms with E-state index >= 15 is 0 Å². The third-order valence-electron chi connectivity index (χ3n) is 4.58. The first kappa shape index (κ1) is 20.5. The molecule has 1 aromatic rings. The number of rotatable bonds is 6. The quantitative estimate of drug-likeness (QED) is 0.804. The van der Waals surface area contributed by atoms with Gasteiger partial charge in [0, 0.05) is 18.3 Å². The maximum atomic E-state index is 13.0. The average molecular weight is 373 g/mol. The molecule has 1 saturated heterocycles. The van der Waals surface area contributed by atoms with Gasteiger partial charge in [0.1, 0.15) is 12.2 Å². The zero-order valence-electron chi connectivity index (χ0n) is 15.3. The molecule has 2 heterocycles. The number of aromatic nitrogens is 1. The summed E-state index contributed by atoms with van der Waals surface area (Å²) in [6, 6.07) is 2.55. The molecule has 2 rings (SSSR count). The first-order chi connectivity index (χ1) is 12.1. The molecule has 26 heavy (non-hydrogen) atoms. The van der Waals surface area contributed by atoms with Crippen LogP contribution < -0.4 is 15.4 Å². The predicted molar refractivity (Wildman–Crippen MR) is 91.8 cm³/mol. The molecule has 1 aromatic heterocycles. The van der Waals surface area contributed by atoms with Gasteiger partial charge in [0.05, 0.1) is 5.41 Å².